The molecule has 1 aromatic rings. The van der Waals surface area contributed by atoms with Gasteiger partial charge in [0.15, 0.2) is 8.32 Å². The molecule has 19 heavy (non-hydrogen) atoms. The molecule has 1 nitrogen and oxygen atoms in total. The van der Waals surface area contributed by atoms with Gasteiger partial charge in [-0.1, -0.05) is 12.8 Å². The van der Waals surface area contributed by atoms with Crippen LogP contribution >= 0.6 is 0 Å². The molecule has 0 saturated carbocycles. The molecule has 0 fully saturated rings. The van der Waals surface area contributed by atoms with Crippen molar-refractivity contribution in [3.05, 3.63) is 35.1 Å². The molecule has 0 aromatic heterocycles. The smallest absolute Gasteiger partial charge is 0.186 e. The molecule has 5 heteroatoms. The van der Waals surface area contributed by atoms with Crippen LogP contribution < -0.4 is 0 Å². The molecule has 0 atom stereocenters. The van der Waals surface area contributed by atoms with Crippen LogP contribution in [0.25, 0.3) is 0 Å². The van der Waals surface area contributed by atoms with Crippen molar-refractivity contribution >= 4 is 8.32 Å². The molecule has 108 valence electrons. The van der Waals surface area contributed by atoms with Crippen LogP contribution in [-0.4, -0.2) is 15.4 Å². The van der Waals surface area contributed by atoms with Crippen LogP contribution in [-0.2, 0) is 10.8 Å². The topological polar surface area (TPSA) is 9.23 Å². The van der Waals surface area contributed by atoms with Crippen LogP contribution in [0, 0.1) is 17.5 Å². The Kier molecular flexibility index (Phi) is 6.07. The van der Waals surface area contributed by atoms with Crippen LogP contribution in [0.4, 0.5) is 13.2 Å². The summed E-state index contributed by atoms with van der Waals surface area (Å²) < 4.78 is 44.9. The van der Waals surface area contributed by atoms with Gasteiger partial charge in [0.05, 0.1) is 0 Å². The molecule has 0 heterocycles. The van der Waals surface area contributed by atoms with Gasteiger partial charge < -0.3 is 4.43 Å². The minimum atomic E-state index is -1.53. The molecule has 1 rings (SSSR count). The fraction of sp³-hybridized carbons (Fsp3) is 0.571. The van der Waals surface area contributed by atoms with E-state index in [2.05, 4.69) is 13.1 Å². The average Bonchev–Trinajstić information content (AvgIpc) is 2.31. The van der Waals surface area contributed by atoms with Gasteiger partial charge in [-0.15, -0.1) is 0 Å². The van der Waals surface area contributed by atoms with Crippen molar-refractivity contribution in [3.8, 4) is 0 Å². The Morgan fingerprint density at radius 2 is 1.58 bits per heavy atom. The summed E-state index contributed by atoms with van der Waals surface area (Å²) in [6.07, 6.45) is 2.91. The first-order valence-electron chi connectivity index (χ1n) is 6.54. The highest BCUT2D eigenvalue weighted by Crippen LogP contribution is 2.19. The van der Waals surface area contributed by atoms with Crippen molar-refractivity contribution in [1.82, 2.24) is 0 Å². The molecule has 1 aromatic carbocycles. The minimum Gasteiger partial charge on any atom is -0.420 e. The zero-order valence-electron chi connectivity index (χ0n) is 11.7. The van der Waals surface area contributed by atoms with Gasteiger partial charge in [0, 0.05) is 24.8 Å². The van der Waals surface area contributed by atoms with Gasteiger partial charge in [-0.2, -0.15) is 0 Å². The molecular formula is C14H21F3OSi. The number of unbranched alkanes of at least 4 members (excludes halogenated alkanes) is 2. The monoisotopic (exact) mass is 290 g/mol. The summed E-state index contributed by atoms with van der Waals surface area (Å²) >= 11 is 0. The van der Waals surface area contributed by atoms with E-state index in [1.165, 1.54) is 0 Å². The van der Waals surface area contributed by atoms with Gasteiger partial charge in [-0.3, -0.25) is 0 Å². The lowest BCUT2D eigenvalue weighted by Gasteiger charge is -2.19. The SMILES string of the molecule is CO[Si](C)(C)CCCCCc1c(F)cc(F)cc1F. The first-order chi connectivity index (χ1) is 8.85. The summed E-state index contributed by atoms with van der Waals surface area (Å²) in [6, 6.07) is 2.51. The third-order valence-corrected chi connectivity index (χ3v) is 6.03. The molecule has 0 aliphatic heterocycles. The Hall–Kier alpha value is -0.813. The Labute approximate surface area is 113 Å². The average molecular weight is 290 g/mol. The van der Waals surface area contributed by atoms with Crippen LogP contribution in [0.3, 0.4) is 0 Å². The van der Waals surface area contributed by atoms with E-state index < -0.39 is 25.8 Å². The predicted octanol–water partition coefficient (Wildman–Crippen LogP) is 4.67. The maximum absolute atomic E-state index is 13.4. The highest BCUT2D eigenvalue weighted by atomic mass is 28.4. The highest BCUT2D eigenvalue weighted by Gasteiger charge is 2.19. The van der Waals surface area contributed by atoms with Crippen molar-refractivity contribution in [2.24, 2.45) is 0 Å². The zero-order chi connectivity index (χ0) is 14.5. The summed E-state index contributed by atoms with van der Waals surface area (Å²) in [7, 11) is 0.198. The standard InChI is InChI=1S/C14H21F3OSi/c1-18-19(2,3)8-6-4-5-7-12-13(16)9-11(15)10-14(12)17/h9-10H,4-8H2,1-3H3. The molecule has 0 amide bonds. The number of rotatable bonds is 7. The highest BCUT2D eigenvalue weighted by molar-refractivity contribution is 6.71. The number of benzene rings is 1. The van der Waals surface area contributed by atoms with Crippen molar-refractivity contribution in [3.63, 3.8) is 0 Å². The molecule has 0 saturated heterocycles. The minimum absolute atomic E-state index is 0.00959. The summed E-state index contributed by atoms with van der Waals surface area (Å²) in [6.45, 7) is 4.29. The Morgan fingerprint density at radius 3 is 2.11 bits per heavy atom. The Morgan fingerprint density at radius 1 is 1.00 bits per heavy atom. The normalized spacial score (nSPS) is 11.9. The Bertz CT molecular complexity index is 398. The summed E-state index contributed by atoms with van der Waals surface area (Å²) in [4.78, 5) is 0. The predicted molar refractivity (Wildman–Crippen MR) is 73.2 cm³/mol. The second kappa shape index (κ2) is 7.10. The van der Waals surface area contributed by atoms with Gasteiger partial charge in [-0.25, -0.2) is 13.2 Å². The van der Waals surface area contributed by atoms with Crippen LogP contribution in [0.1, 0.15) is 24.8 Å². The maximum Gasteiger partial charge on any atom is 0.186 e. The lowest BCUT2D eigenvalue weighted by atomic mass is 10.1. The number of hydrogen-bond acceptors (Lipinski definition) is 1. The fourth-order valence-electron chi connectivity index (χ4n) is 1.94. The number of halogens is 3. The molecule has 0 N–H and O–H groups in total. The summed E-state index contributed by atoms with van der Waals surface area (Å²) in [5.41, 5.74) is -0.00959. The Balaban J connectivity index is 2.38. The molecule has 0 spiro atoms. The molecule has 0 unspecified atom stereocenters. The van der Waals surface area contributed by atoms with E-state index in [1.807, 2.05) is 0 Å². The van der Waals surface area contributed by atoms with Crippen molar-refractivity contribution in [1.29, 1.82) is 0 Å². The van der Waals surface area contributed by atoms with Crippen LogP contribution in [0.15, 0.2) is 12.1 Å². The van der Waals surface area contributed by atoms with E-state index in [9.17, 15) is 13.2 Å². The van der Waals surface area contributed by atoms with E-state index >= 15 is 0 Å². The van der Waals surface area contributed by atoms with E-state index in [0.717, 1.165) is 31.0 Å². The van der Waals surface area contributed by atoms with E-state index in [4.69, 9.17) is 4.43 Å². The third-order valence-electron chi connectivity index (χ3n) is 3.36. The van der Waals surface area contributed by atoms with Crippen molar-refractivity contribution in [2.75, 3.05) is 7.11 Å². The maximum atomic E-state index is 13.4. The summed E-state index contributed by atoms with van der Waals surface area (Å²) in [5, 5.41) is 0. The second-order valence-corrected chi connectivity index (χ2v) is 9.80. The summed E-state index contributed by atoms with van der Waals surface area (Å²) in [5.74, 6) is -2.44. The van der Waals surface area contributed by atoms with Crippen LogP contribution in [0.2, 0.25) is 19.1 Å². The third kappa shape index (κ3) is 5.36. The lowest BCUT2D eigenvalue weighted by molar-refractivity contribution is 0.401. The van der Waals surface area contributed by atoms with E-state index in [1.54, 1.807) is 7.11 Å². The molecule has 0 radical (unpaired) electrons. The molecule has 0 aliphatic rings. The van der Waals surface area contributed by atoms with Crippen LogP contribution in [0.5, 0.6) is 0 Å². The van der Waals surface area contributed by atoms with E-state index in [-0.39, 0.29) is 5.56 Å². The van der Waals surface area contributed by atoms with Gasteiger partial charge in [0.1, 0.15) is 17.5 Å². The van der Waals surface area contributed by atoms with Crippen molar-refractivity contribution < 1.29 is 17.6 Å². The lowest BCUT2D eigenvalue weighted by Crippen LogP contribution is -2.27. The molecule has 0 aliphatic carbocycles. The zero-order valence-corrected chi connectivity index (χ0v) is 12.7. The number of hydrogen-bond donors (Lipinski definition) is 0. The first kappa shape index (κ1) is 16.2. The molecular weight excluding hydrogens is 269 g/mol. The van der Waals surface area contributed by atoms with Gasteiger partial charge >= 0.3 is 0 Å². The van der Waals surface area contributed by atoms with Gasteiger partial charge in [0.25, 0.3) is 0 Å². The quantitative estimate of drug-likeness (QED) is 0.524. The second-order valence-electron chi connectivity index (χ2n) is 5.37. The first-order valence-corrected chi connectivity index (χ1v) is 9.66. The van der Waals surface area contributed by atoms with E-state index in [0.29, 0.717) is 12.8 Å². The van der Waals surface area contributed by atoms with Gasteiger partial charge in [-0.05, 0) is 32.0 Å². The van der Waals surface area contributed by atoms with Crippen molar-refractivity contribution in [2.45, 2.75) is 44.8 Å². The fourth-order valence-corrected chi connectivity index (χ4v) is 3.25. The molecule has 0 bridgehead atoms. The van der Waals surface area contributed by atoms with Gasteiger partial charge in [0.2, 0.25) is 0 Å². The largest absolute Gasteiger partial charge is 0.420 e.